The molecule has 1 fully saturated rings. The van der Waals surface area contributed by atoms with Gasteiger partial charge in [-0.15, -0.1) is 5.10 Å². The molecule has 0 aliphatic heterocycles. The van der Waals surface area contributed by atoms with E-state index in [-0.39, 0.29) is 24.2 Å². The van der Waals surface area contributed by atoms with Crippen molar-refractivity contribution in [1.29, 1.82) is 0 Å². The molecule has 1 heterocycles. The molecule has 0 unspecified atom stereocenters. The number of aromatic nitrogens is 3. The van der Waals surface area contributed by atoms with E-state index >= 15 is 0 Å². The Hall–Kier alpha value is -1.92. The van der Waals surface area contributed by atoms with Crippen LogP contribution in [-0.4, -0.2) is 52.5 Å². The van der Waals surface area contributed by atoms with E-state index < -0.39 is 0 Å². The van der Waals surface area contributed by atoms with E-state index in [1.807, 2.05) is 0 Å². The maximum Gasteiger partial charge on any atom is 0.293 e. The van der Waals surface area contributed by atoms with Gasteiger partial charge in [0.2, 0.25) is 11.7 Å². The van der Waals surface area contributed by atoms with Crippen molar-refractivity contribution in [3.63, 3.8) is 0 Å². The fourth-order valence-electron chi connectivity index (χ4n) is 1.45. The number of nitrogens with zero attached hydrogens (tertiary/aromatic N) is 3. The molecule has 0 bridgehead atoms. The van der Waals surface area contributed by atoms with E-state index in [0.29, 0.717) is 5.92 Å². The van der Waals surface area contributed by atoms with Crippen LogP contribution in [0, 0.1) is 0 Å². The van der Waals surface area contributed by atoms with Crippen LogP contribution in [0.15, 0.2) is 0 Å². The van der Waals surface area contributed by atoms with Crippen molar-refractivity contribution in [2.75, 3.05) is 20.6 Å². The van der Waals surface area contributed by atoms with E-state index in [0.717, 1.165) is 18.7 Å². The third kappa shape index (κ3) is 2.61. The topological polar surface area (TPSA) is 91.0 Å². The third-order valence-corrected chi connectivity index (χ3v) is 2.66. The van der Waals surface area contributed by atoms with Crippen LogP contribution in [0.1, 0.15) is 35.2 Å². The summed E-state index contributed by atoms with van der Waals surface area (Å²) in [7, 11) is 3.07. The first-order valence-corrected chi connectivity index (χ1v) is 5.50. The minimum Gasteiger partial charge on any atom is -0.358 e. The number of amides is 2. The Bertz CT molecular complexity index is 438. The molecule has 0 saturated heterocycles. The van der Waals surface area contributed by atoms with Crippen LogP contribution in [0.2, 0.25) is 0 Å². The SMILES string of the molecule is CNC(=O)CN(C)C(=O)c1n[nH]c(C2CC2)n1. The van der Waals surface area contributed by atoms with Gasteiger partial charge in [0.25, 0.3) is 5.91 Å². The van der Waals surface area contributed by atoms with Gasteiger partial charge in [-0.25, -0.2) is 4.98 Å². The lowest BCUT2D eigenvalue weighted by molar-refractivity contribution is -0.121. The minimum atomic E-state index is -0.350. The molecule has 17 heavy (non-hydrogen) atoms. The van der Waals surface area contributed by atoms with Crippen molar-refractivity contribution in [1.82, 2.24) is 25.4 Å². The number of hydrogen-bond donors (Lipinski definition) is 2. The summed E-state index contributed by atoms with van der Waals surface area (Å²) in [6, 6.07) is 0. The van der Waals surface area contributed by atoms with Crippen molar-refractivity contribution in [2.24, 2.45) is 0 Å². The van der Waals surface area contributed by atoms with Crippen molar-refractivity contribution in [3.05, 3.63) is 11.6 Å². The first-order valence-electron chi connectivity index (χ1n) is 5.50. The van der Waals surface area contributed by atoms with Crippen LogP contribution < -0.4 is 5.32 Å². The monoisotopic (exact) mass is 237 g/mol. The third-order valence-electron chi connectivity index (χ3n) is 2.66. The molecule has 0 atom stereocenters. The summed E-state index contributed by atoms with van der Waals surface area (Å²) in [5, 5.41) is 9.09. The van der Waals surface area contributed by atoms with Gasteiger partial charge in [0.15, 0.2) is 0 Å². The fraction of sp³-hybridized carbons (Fsp3) is 0.600. The van der Waals surface area contributed by atoms with Gasteiger partial charge in [-0.05, 0) is 12.8 Å². The summed E-state index contributed by atoms with van der Waals surface area (Å²) >= 11 is 0. The van der Waals surface area contributed by atoms with E-state index in [1.54, 1.807) is 7.05 Å². The molecule has 2 rings (SSSR count). The molecule has 1 aliphatic rings. The zero-order valence-corrected chi connectivity index (χ0v) is 9.86. The van der Waals surface area contributed by atoms with Crippen LogP contribution in [0.3, 0.4) is 0 Å². The van der Waals surface area contributed by atoms with Gasteiger partial charge in [0.1, 0.15) is 5.82 Å². The number of carbonyl (C=O) groups is 2. The average Bonchev–Trinajstić information content (AvgIpc) is 3.06. The van der Waals surface area contributed by atoms with Crippen molar-refractivity contribution < 1.29 is 9.59 Å². The standard InChI is InChI=1S/C10H15N5O2/c1-11-7(16)5-15(2)10(17)9-12-8(13-14-9)6-3-4-6/h6H,3-5H2,1-2H3,(H,11,16)(H,12,13,14). The van der Waals surface area contributed by atoms with Crippen LogP contribution in [0.4, 0.5) is 0 Å². The molecule has 1 aromatic heterocycles. The second-order valence-electron chi connectivity index (χ2n) is 4.15. The second-order valence-corrected chi connectivity index (χ2v) is 4.15. The zero-order valence-electron chi connectivity index (χ0n) is 9.86. The number of likely N-dealkylation sites (N-methyl/N-ethyl adjacent to an activating group) is 2. The number of carbonyl (C=O) groups excluding carboxylic acids is 2. The predicted molar refractivity (Wildman–Crippen MR) is 59.4 cm³/mol. The summed E-state index contributed by atoms with van der Waals surface area (Å²) in [6.07, 6.45) is 2.19. The molecule has 1 aliphatic carbocycles. The summed E-state index contributed by atoms with van der Waals surface area (Å²) in [6.45, 7) is 0.00261. The maximum absolute atomic E-state index is 11.9. The van der Waals surface area contributed by atoms with Crippen molar-refractivity contribution in [2.45, 2.75) is 18.8 Å². The molecule has 0 spiro atoms. The minimum absolute atomic E-state index is 0.00261. The van der Waals surface area contributed by atoms with Crippen molar-refractivity contribution >= 4 is 11.8 Å². The summed E-state index contributed by atoms with van der Waals surface area (Å²) < 4.78 is 0. The highest BCUT2D eigenvalue weighted by Crippen LogP contribution is 2.37. The molecule has 7 heteroatoms. The molecule has 0 aromatic carbocycles. The van der Waals surface area contributed by atoms with Gasteiger partial charge in [-0.2, -0.15) is 0 Å². The molecule has 92 valence electrons. The lowest BCUT2D eigenvalue weighted by Crippen LogP contribution is -2.37. The Kier molecular flexibility index (Phi) is 3.08. The Morgan fingerprint density at radius 1 is 1.53 bits per heavy atom. The number of aromatic amines is 1. The average molecular weight is 237 g/mol. The Morgan fingerprint density at radius 2 is 2.24 bits per heavy atom. The molecule has 0 radical (unpaired) electrons. The Morgan fingerprint density at radius 3 is 2.82 bits per heavy atom. The highest BCUT2D eigenvalue weighted by Gasteiger charge is 2.28. The van der Waals surface area contributed by atoms with Gasteiger partial charge in [0.05, 0.1) is 6.54 Å². The fourth-order valence-corrected chi connectivity index (χ4v) is 1.45. The summed E-state index contributed by atoms with van der Waals surface area (Å²) in [5.41, 5.74) is 0. The van der Waals surface area contributed by atoms with E-state index in [2.05, 4.69) is 20.5 Å². The zero-order chi connectivity index (χ0) is 12.4. The Balaban J connectivity index is 1.99. The lowest BCUT2D eigenvalue weighted by atomic mass is 10.4. The molecule has 1 saturated carbocycles. The normalized spacial score (nSPS) is 14.5. The van der Waals surface area contributed by atoms with Gasteiger partial charge < -0.3 is 10.2 Å². The van der Waals surface area contributed by atoms with Gasteiger partial charge >= 0.3 is 0 Å². The first kappa shape index (κ1) is 11.6. The number of H-pyrrole nitrogens is 1. The highest BCUT2D eigenvalue weighted by molar-refractivity contribution is 5.93. The number of hydrogen-bond acceptors (Lipinski definition) is 4. The summed E-state index contributed by atoms with van der Waals surface area (Å²) in [4.78, 5) is 28.4. The van der Waals surface area contributed by atoms with Crippen molar-refractivity contribution in [3.8, 4) is 0 Å². The van der Waals surface area contributed by atoms with E-state index in [4.69, 9.17) is 0 Å². The molecule has 1 aromatic rings. The molecule has 7 nitrogen and oxygen atoms in total. The van der Waals surface area contributed by atoms with Gasteiger partial charge in [-0.3, -0.25) is 14.7 Å². The molecule has 2 N–H and O–H groups in total. The second kappa shape index (κ2) is 4.52. The maximum atomic E-state index is 11.9. The molecular formula is C10H15N5O2. The number of rotatable bonds is 4. The summed E-state index contributed by atoms with van der Waals surface area (Å²) in [5.74, 6) is 0.740. The van der Waals surface area contributed by atoms with Crippen LogP contribution >= 0.6 is 0 Å². The van der Waals surface area contributed by atoms with Crippen LogP contribution in [0.5, 0.6) is 0 Å². The van der Waals surface area contributed by atoms with Crippen LogP contribution in [-0.2, 0) is 4.79 Å². The predicted octanol–water partition coefficient (Wildman–Crippen LogP) is -0.500. The Labute approximate surface area is 98.6 Å². The highest BCUT2D eigenvalue weighted by atomic mass is 16.2. The molecular weight excluding hydrogens is 222 g/mol. The van der Waals surface area contributed by atoms with Gasteiger partial charge in [-0.1, -0.05) is 0 Å². The van der Waals surface area contributed by atoms with Crippen LogP contribution in [0.25, 0.3) is 0 Å². The largest absolute Gasteiger partial charge is 0.358 e. The first-order chi connectivity index (χ1) is 8.11. The van der Waals surface area contributed by atoms with E-state index in [9.17, 15) is 9.59 Å². The number of nitrogens with one attached hydrogen (secondary N) is 2. The van der Waals surface area contributed by atoms with E-state index in [1.165, 1.54) is 11.9 Å². The van der Waals surface area contributed by atoms with Gasteiger partial charge in [0, 0.05) is 20.0 Å². The lowest BCUT2D eigenvalue weighted by Gasteiger charge is -2.13. The quantitative estimate of drug-likeness (QED) is 0.738. The molecule has 2 amide bonds. The smallest absolute Gasteiger partial charge is 0.293 e.